The highest BCUT2D eigenvalue weighted by Crippen LogP contribution is 2.27. The van der Waals surface area contributed by atoms with Gasteiger partial charge in [-0.25, -0.2) is 0 Å². The molecule has 0 atom stereocenters. The first-order valence-corrected chi connectivity index (χ1v) is 9.98. The van der Waals surface area contributed by atoms with Crippen LogP contribution in [0.2, 0.25) is 0 Å². The summed E-state index contributed by atoms with van der Waals surface area (Å²) >= 11 is 1.58. The molecule has 0 spiro atoms. The van der Waals surface area contributed by atoms with E-state index in [1.807, 2.05) is 23.1 Å². The van der Waals surface area contributed by atoms with Crippen LogP contribution in [0.25, 0.3) is 10.1 Å². The molecule has 2 aromatic heterocycles. The summed E-state index contributed by atoms with van der Waals surface area (Å²) in [4.78, 5) is 17.9. The zero-order chi connectivity index (χ0) is 17.5. The summed E-state index contributed by atoms with van der Waals surface area (Å²) in [5, 5.41) is 9.94. The lowest BCUT2D eigenvalue weighted by molar-refractivity contribution is 0.0751. The van der Waals surface area contributed by atoms with E-state index in [0.29, 0.717) is 0 Å². The van der Waals surface area contributed by atoms with Gasteiger partial charge in [0.15, 0.2) is 5.82 Å². The molecule has 1 amide bonds. The van der Waals surface area contributed by atoms with Crippen LogP contribution in [-0.4, -0.2) is 47.2 Å². The maximum absolute atomic E-state index is 12.9. The number of aryl methyl sites for hydroxylation is 2. The number of hydrogen-bond donors (Lipinski definition) is 0. The van der Waals surface area contributed by atoms with Crippen molar-refractivity contribution in [2.45, 2.75) is 19.3 Å². The Morgan fingerprint density at radius 3 is 2.69 bits per heavy atom. The molecule has 0 radical (unpaired) electrons. The molecule has 2 aliphatic rings. The number of carbonyl (C=O) groups excluding carboxylic acids is 1. The molecule has 0 unspecified atom stereocenters. The number of rotatable bonds is 2. The fourth-order valence-corrected chi connectivity index (χ4v) is 4.88. The summed E-state index contributed by atoms with van der Waals surface area (Å²) in [7, 11) is 0. The number of nitrogens with zero attached hydrogens (tertiary/aromatic N) is 4. The summed E-state index contributed by atoms with van der Waals surface area (Å²) in [6.07, 6.45) is 3.35. The molecule has 5 rings (SSSR count). The van der Waals surface area contributed by atoms with Crippen molar-refractivity contribution in [1.82, 2.24) is 15.1 Å². The molecule has 0 bridgehead atoms. The molecule has 1 aromatic carbocycles. The minimum atomic E-state index is 0.144. The van der Waals surface area contributed by atoms with Gasteiger partial charge in [-0.2, -0.15) is 5.10 Å². The smallest absolute Gasteiger partial charge is 0.264 e. The Balaban J connectivity index is 1.28. The molecule has 5 nitrogen and oxygen atoms in total. The molecule has 0 saturated carbocycles. The Morgan fingerprint density at radius 2 is 1.85 bits per heavy atom. The maximum Gasteiger partial charge on any atom is 0.264 e. The van der Waals surface area contributed by atoms with E-state index in [0.717, 1.165) is 60.8 Å². The van der Waals surface area contributed by atoms with E-state index < -0.39 is 0 Å². The molecule has 6 heteroatoms. The molecule has 3 aromatic rings. The van der Waals surface area contributed by atoms with E-state index >= 15 is 0 Å². The third kappa shape index (κ3) is 2.74. The van der Waals surface area contributed by atoms with Crippen LogP contribution in [0.3, 0.4) is 0 Å². The van der Waals surface area contributed by atoms with Crippen LogP contribution in [-0.2, 0) is 12.8 Å². The molecule has 132 valence electrons. The number of piperazine rings is 1. The molecular formula is C20H20N4OS. The second-order valence-electron chi connectivity index (χ2n) is 6.96. The minimum Gasteiger partial charge on any atom is -0.352 e. The normalized spacial score (nSPS) is 16.9. The van der Waals surface area contributed by atoms with Gasteiger partial charge >= 0.3 is 0 Å². The zero-order valence-corrected chi connectivity index (χ0v) is 15.3. The standard InChI is InChI=1S/C20H20N4OS/c25-20(18-12-15-4-1-2-7-17(15)26-18)24-10-8-23(9-11-24)19-13-14-5-3-6-16(14)21-22-19/h1-2,4,7,12-13H,3,5-6,8-11H2. The van der Waals surface area contributed by atoms with Crippen molar-refractivity contribution in [2.24, 2.45) is 0 Å². The SMILES string of the molecule is O=C(c1cc2ccccc2s1)N1CCN(c2cc3c(nn2)CCC3)CC1. The fraction of sp³-hybridized carbons (Fsp3) is 0.350. The van der Waals surface area contributed by atoms with Crippen LogP contribution in [0.15, 0.2) is 36.4 Å². The molecule has 0 N–H and O–H groups in total. The Morgan fingerprint density at radius 1 is 1.00 bits per heavy atom. The summed E-state index contributed by atoms with van der Waals surface area (Å²) in [6.45, 7) is 3.08. The number of anilines is 1. The maximum atomic E-state index is 12.9. The van der Waals surface area contributed by atoms with Gasteiger partial charge in [0, 0.05) is 30.9 Å². The summed E-state index contributed by atoms with van der Waals surface area (Å²) in [5.41, 5.74) is 2.51. The van der Waals surface area contributed by atoms with Gasteiger partial charge in [0.25, 0.3) is 5.91 Å². The van der Waals surface area contributed by atoms with Crippen LogP contribution < -0.4 is 4.90 Å². The van der Waals surface area contributed by atoms with E-state index in [1.54, 1.807) is 11.3 Å². The first-order valence-electron chi connectivity index (χ1n) is 9.16. The zero-order valence-electron chi connectivity index (χ0n) is 14.5. The Hall–Kier alpha value is -2.47. The van der Waals surface area contributed by atoms with Crippen molar-refractivity contribution >= 4 is 33.1 Å². The average molecular weight is 364 g/mol. The first-order chi connectivity index (χ1) is 12.8. The third-order valence-corrected chi connectivity index (χ3v) is 6.44. The second-order valence-corrected chi connectivity index (χ2v) is 8.04. The number of aromatic nitrogens is 2. The van der Waals surface area contributed by atoms with Crippen molar-refractivity contribution < 1.29 is 4.79 Å². The highest BCUT2D eigenvalue weighted by Gasteiger charge is 2.25. The highest BCUT2D eigenvalue weighted by molar-refractivity contribution is 7.20. The van der Waals surface area contributed by atoms with E-state index in [9.17, 15) is 4.79 Å². The Labute approximate surface area is 156 Å². The Kier molecular flexibility index (Phi) is 3.85. The van der Waals surface area contributed by atoms with Crippen molar-refractivity contribution in [3.05, 3.63) is 52.5 Å². The third-order valence-electron chi connectivity index (χ3n) is 5.33. The number of amides is 1. The van der Waals surface area contributed by atoms with Crippen molar-refractivity contribution in [3.8, 4) is 0 Å². The van der Waals surface area contributed by atoms with Crippen molar-refractivity contribution in [2.75, 3.05) is 31.1 Å². The van der Waals surface area contributed by atoms with Crippen LogP contribution >= 0.6 is 11.3 Å². The van der Waals surface area contributed by atoms with Gasteiger partial charge in [-0.1, -0.05) is 18.2 Å². The van der Waals surface area contributed by atoms with E-state index in [1.165, 1.54) is 16.7 Å². The van der Waals surface area contributed by atoms with Crippen LogP contribution in [0.4, 0.5) is 5.82 Å². The summed E-state index contributed by atoms with van der Waals surface area (Å²) < 4.78 is 1.17. The second kappa shape index (κ2) is 6.36. The number of hydrogen-bond acceptors (Lipinski definition) is 5. The van der Waals surface area contributed by atoms with Crippen LogP contribution in [0.1, 0.15) is 27.3 Å². The number of benzene rings is 1. The Bertz CT molecular complexity index is 942. The first kappa shape index (κ1) is 15.8. The van der Waals surface area contributed by atoms with E-state index in [-0.39, 0.29) is 5.91 Å². The monoisotopic (exact) mass is 364 g/mol. The van der Waals surface area contributed by atoms with Gasteiger partial charge < -0.3 is 9.80 Å². The quantitative estimate of drug-likeness (QED) is 0.701. The van der Waals surface area contributed by atoms with E-state index in [4.69, 9.17) is 0 Å². The fourth-order valence-electron chi connectivity index (χ4n) is 3.85. The van der Waals surface area contributed by atoms with Crippen molar-refractivity contribution in [3.63, 3.8) is 0 Å². The number of carbonyl (C=O) groups is 1. The van der Waals surface area contributed by atoms with Gasteiger partial charge in [0.2, 0.25) is 0 Å². The molecular weight excluding hydrogens is 344 g/mol. The largest absolute Gasteiger partial charge is 0.352 e. The van der Waals surface area contributed by atoms with Gasteiger partial charge in [0.1, 0.15) is 0 Å². The molecule has 3 heterocycles. The lowest BCUT2D eigenvalue weighted by Gasteiger charge is -2.35. The lowest BCUT2D eigenvalue weighted by Crippen LogP contribution is -2.49. The summed E-state index contributed by atoms with van der Waals surface area (Å²) in [5.74, 6) is 1.10. The molecule has 1 saturated heterocycles. The van der Waals surface area contributed by atoms with E-state index in [2.05, 4.69) is 33.3 Å². The number of thiophene rings is 1. The molecule has 26 heavy (non-hydrogen) atoms. The highest BCUT2D eigenvalue weighted by atomic mass is 32.1. The number of fused-ring (bicyclic) bond motifs is 2. The molecule has 1 aliphatic heterocycles. The van der Waals surface area contributed by atoms with Crippen molar-refractivity contribution in [1.29, 1.82) is 0 Å². The van der Waals surface area contributed by atoms with Gasteiger partial charge in [-0.15, -0.1) is 16.4 Å². The van der Waals surface area contributed by atoms with Crippen LogP contribution in [0, 0.1) is 0 Å². The molecule has 1 fully saturated rings. The topological polar surface area (TPSA) is 49.3 Å². The average Bonchev–Trinajstić information content (AvgIpc) is 3.33. The van der Waals surface area contributed by atoms with Crippen LogP contribution in [0.5, 0.6) is 0 Å². The van der Waals surface area contributed by atoms with Gasteiger partial charge in [0.05, 0.1) is 10.6 Å². The summed E-state index contributed by atoms with van der Waals surface area (Å²) in [6, 6.07) is 12.4. The minimum absolute atomic E-state index is 0.144. The molecule has 1 aliphatic carbocycles. The van der Waals surface area contributed by atoms with Gasteiger partial charge in [-0.05, 0) is 48.4 Å². The van der Waals surface area contributed by atoms with Gasteiger partial charge in [-0.3, -0.25) is 4.79 Å². The lowest BCUT2D eigenvalue weighted by atomic mass is 10.2. The predicted molar refractivity (Wildman–Crippen MR) is 104 cm³/mol. The predicted octanol–water partition coefficient (Wildman–Crippen LogP) is 3.14.